The number of aromatic nitrogens is 2. The van der Waals surface area contributed by atoms with Crippen LogP contribution in [0.25, 0.3) is 0 Å². The summed E-state index contributed by atoms with van der Waals surface area (Å²) in [4.78, 5) is 11.1. The van der Waals surface area contributed by atoms with Gasteiger partial charge in [-0.25, -0.2) is 9.97 Å². The SMILES string of the molecule is C[C@@H](NCc1cnc(N2CCOCC2)nc1)c1cccc(Cl)c1. The molecule has 1 atom stereocenters. The molecule has 0 aliphatic carbocycles. The van der Waals surface area contributed by atoms with Gasteiger partial charge in [0.1, 0.15) is 0 Å². The summed E-state index contributed by atoms with van der Waals surface area (Å²) in [6.45, 7) is 6.02. The van der Waals surface area contributed by atoms with Gasteiger partial charge in [-0.15, -0.1) is 0 Å². The van der Waals surface area contributed by atoms with E-state index in [0.717, 1.165) is 49.4 Å². The third-order valence-electron chi connectivity index (χ3n) is 3.95. The molecule has 1 fully saturated rings. The van der Waals surface area contributed by atoms with Crippen molar-refractivity contribution < 1.29 is 4.74 Å². The van der Waals surface area contributed by atoms with Crippen LogP contribution in [0.2, 0.25) is 5.02 Å². The maximum Gasteiger partial charge on any atom is 0.225 e. The van der Waals surface area contributed by atoms with Gasteiger partial charge in [0.25, 0.3) is 0 Å². The van der Waals surface area contributed by atoms with Gasteiger partial charge in [-0.3, -0.25) is 0 Å². The number of hydrogen-bond donors (Lipinski definition) is 1. The van der Waals surface area contributed by atoms with Crippen molar-refractivity contribution >= 4 is 17.5 Å². The van der Waals surface area contributed by atoms with E-state index >= 15 is 0 Å². The van der Waals surface area contributed by atoms with Gasteiger partial charge in [0, 0.05) is 48.7 Å². The Hall–Kier alpha value is -1.69. The molecule has 0 unspecified atom stereocenters. The van der Waals surface area contributed by atoms with E-state index in [9.17, 15) is 0 Å². The van der Waals surface area contributed by atoms with Crippen LogP contribution in [0.15, 0.2) is 36.7 Å². The first-order chi connectivity index (χ1) is 11.2. The van der Waals surface area contributed by atoms with Crippen LogP contribution >= 0.6 is 11.6 Å². The number of rotatable bonds is 5. The lowest BCUT2D eigenvalue weighted by Crippen LogP contribution is -2.37. The lowest BCUT2D eigenvalue weighted by molar-refractivity contribution is 0.122. The van der Waals surface area contributed by atoms with Crippen LogP contribution in [0.1, 0.15) is 24.1 Å². The summed E-state index contributed by atoms with van der Waals surface area (Å²) in [7, 11) is 0. The number of nitrogens with one attached hydrogen (secondary N) is 1. The van der Waals surface area contributed by atoms with Crippen LogP contribution in [0, 0.1) is 0 Å². The fraction of sp³-hybridized carbons (Fsp3) is 0.412. The Balaban J connectivity index is 1.56. The van der Waals surface area contributed by atoms with Crippen LogP contribution in [0.5, 0.6) is 0 Å². The Kier molecular flexibility index (Phi) is 5.43. The summed E-state index contributed by atoms with van der Waals surface area (Å²) in [6.07, 6.45) is 3.77. The van der Waals surface area contributed by atoms with Crippen molar-refractivity contribution in [2.75, 3.05) is 31.2 Å². The standard InChI is InChI=1S/C17H21ClN4O/c1-13(15-3-2-4-16(18)9-15)19-10-14-11-20-17(21-12-14)22-5-7-23-8-6-22/h2-4,9,11-13,19H,5-8,10H2,1H3/t13-/m1/s1. The zero-order chi connectivity index (χ0) is 16.1. The number of ether oxygens (including phenoxy) is 1. The molecule has 3 rings (SSSR count). The minimum atomic E-state index is 0.215. The predicted octanol–water partition coefficient (Wildman–Crippen LogP) is 2.82. The van der Waals surface area contributed by atoms with E-state index in [-0.39, 0.29) is 6.04 Å². The van der Waals surface area contributed by atoms with E-state index in [1.165, 1.54) is 5.56 Å². The Morgan fingerprint density at radius 3 is 2.70 bits per heavy atom. The molecule has 1 aromatic carbocycles. The van der Waals surface area contributed by atoms with Gasteiger partial charge < -0.3 is 15.0 Å². The number of nitrogens with zero attached hydrogens (tertiary/aromatic N) is 3. The second kappa shape index (κ2) is 7.73. The minimum Gasteiger partial charge on any atom is -0.378 e. The topological polar surface area (TPSA) is 50.3 Å². The average Bonchev–Trinajstić information content (AvgIpc) is 2.61. The summed E-state index contributed by atoms with van der Waals surface area (Å²) in [5.74, 6) is 0.778. The van der Waals surface area contributed by atoms with E-state index < -0.39 is 0 Å². The molecule has 23 heavy (non-hydrogen) atoms. The molecule has 6 heteroatoms. The van der Waals surface area contributed by atoms with Crippen molar-refractivity contribution in [3.05, 3.63) is 52.8 Å². The van der Waals surface area contributed by atoms with Crippen LogP contribution in [-0.4, -0.2) is 36.3 Å². The quantitative estimate of drug-likeness (QED) is 0.912. The molecular formula is C17H21ClN4O. The highest BCUT2D eigenvalue weighted by molar-refractivity contribution is 6.30. The van der Waals surface area contributed by atoms with Crippen molar-refractivity contribution in [1.82, 2.24) is 15.3 Å². The van der Waals surface area contributed by atoms with Crippen LogP contribution in [0.4, 0.5) is 5.95 Å². The van der Waals surface area contributed by atoms with E-state index in [0.29, 0.717) is 0 Å². The second-order valence-corrected chi connectivity index (χ2v) is 6.08. The van der Waals surface area contributed by atoms with Gasteiger partial charge in [0.15, 0.2) is 0 Å². The molecule has 0 spiro atoms. The number of morpholine rings is 1. The molecule has 5 nitrogen and oxygen atoms in total. The van der Waals surface area contributed by atoms with Gasteiger partial charge in [-0.1, -0.05) is 23.7 Å². The Bertz CT molecular complexity index is 629. The number of benzene rings is 1. The normalized spacial score (nSPS) is 16.3. The van der Waals surface area contributed by atoms with E-state index in [1.807, 2.05) is 30.6 Å². The molecule has 0 bridgehead atoms. The van der Waals surface area contributed by atoms with Gasteiger partial charge in [-0.2, -0.15) is 0 Å². The Morgan fingerprint density at radius 2 is 2.00 bits per heavy atom. The molecule has 0 amide bonds. The number of anilines is 1. The molecule has 1 aromatic heterocycles. The van der Waals surface area contributed by atoms with Crippen molar-refractivity contribution in [1.29, 1.82) is 0 Å². The summed E-state index contributed by atoms with van der Waals surface area (Å²) in [5.41, 5.74) is 2.24. The Labute approximate surface area is 141 Å². The van der Waals surface area contributed by atoms with Gasteiger partial charge >= 0.3 is 0 Å². The fourth-order valence-electron chi connectivity index (χ4n) is 2.53. The molecule has 1 saturated heterocycles. The maximum atomic E-state index is 6.04. The fourth-order valence-corrected chi connectivity index (χ4v) is 2.73. The van der Waals surface area contributed by atoms with E-state index in [1.54, 1.807) is 0 Å². The highest BCUT2D eigenvalue weighted by atomic mass is 35.5. The van der Waals surface area contributed by atoms with Gasteiger partial charge in [-0.05, 0) is 24.6 Å². The smallest absolute Gasteiger partial charge is 0.225 e. The van der Waals surface area contributed by atoms with E-state index in [2.05, 4.69) is 33.2 Å². The molecule has 1 aliphatic heterocycles. The largest absolute Gasteiger partial charge is 0.378 e. The zero-order valence-corrected chi connectivity index (χ0v) is 14.0. The van der Waals surface area contributed by atoms with E-state index in [4.69, 9.17) is 16.3 Å². The highest BCUT2D eigenvalue weighted by Crippen LogP contribution is 2.18. The summed E-state index contributed by atoms with van der Waals surface area (Å²) in [5, 5.41) is 4.23. The third kappa shape index (κ3) is 4.41. The summed E-state index contributed by atoms with van der Waals surface area (Å²) in [6, 6.07) is 8.12. The minimum absolute atomic E-state index is 0.215. The van der Waals surface area contributed by atoms with Crippen LogP contribution in [0.3, 0.4) is 0 Å². The molecule has 0 saturated carbocycles. The number of halogens is 1. The van der Waals surface area contributed by atoms with Crippen LogP contribution < -0.4 is 10.2 Å². The lowest BCUT2D eigenvalue weighted by Gasteiger charge is -2.26. The van der Waals surface area contributed by atoms with Gasteiger partial charge in [0.2, 0.25) is 5.95 Å². The molecular weight excluding hydrogens is 312 g/mol. The summed E-state index contributed by atoms with van der Waals surface area (Å²) >= 11 is 6.04. The summed E-state index contributed by atoms with van der Waals surface area (Å²) < 4.78 is 5.34. The molecule has 122 valence electrons. The predicted molar refractivity (Wildman–Crippen MR) is 91.8 cm³/mol. The Morgan fingerprint density at radius 1 is 1.26 bits per heavy atom. The van der Waals surface area contributed by atoms with Crippen molar-refractivity contribution in [3.63, 3.8) is 0 Å². The zero-order valence-electron chi connectivity index (χ0n) is 13.2. The molecule has 2 heterocycles. The van der Waals surface area contributed by atoms with Gasteiger partial charge in [0.05, 0.1) is 13.2 Å². The maximum absolute atomic E-state index is 6.04. The molecule has 1 aliphatic rings. The molecule has 2 aromatic rings. The van der Waals surface area contributed by atoms with Crippen molar-refractivity contribution in [3.8, 4) is 0 Å². The monoisotopic (exact) mass is 332 g/mol. The number of hydrogen-bond acceptors (Lipinski definition) is 5. The first kappa shape index (κ1) is 16.2. The van der Waals surface area contributed by atoms with Crippen LogP contribution in [-0.2, 0) is 11.3 Å². The second-order valence-electron chi connectivity index (χ2n) is 5.65. The first-order valence-corrected chi connectivity index (χ1v) is 8.22. The average molecular weight is 333 g/mol. The molecule has 0 radical (unpaired) electrons. The lowest BCUT2D eigenvalue weighted by atomic mass is 10.1. The third-order valence-corrected chi connectivity index (χ3v) is 4.18. The first-order valence-electron chi connectivity index (χ1n) is 7.85. The highest BCUT2D eigenvalue weighted by Gasteiger charge is 2.13. The molecule has 1 N–H and O–H groups in total. The van der Waals surface area contributed by atoms with Crippen molar-refractivity contribution in [2.45, 2.75) is 19.5 Å². The van der Waals surface area contributed by atoms with Crippen molar-refractivity contribution in [2.24, 2.45) is 0 Å².